The van der Waals surface area contributed by atoms with Crippen LogP contribution in [0.5, 0.6) is 5.75 Å². The predicted octanol–water partition coefficient (Wildman–Crippen LogP) is 3.45. The van der Waals surface area contributed by atoms with Gasteiger partial charge >= 0.3 is 0 Å². The smallest absolute Gasteiger partial charge is 0.223 e. The average molecular weight is 288 g/mol. The van der Waals surface area contributed by atoms with E-state index in [2.05, 4.69) is 11.9 Å². The number of ether oxygens (including phenoxy) is 1. The van der Waals surface area contributed by atoms with Crippen molar-refractivity contribution in [3.63, 3.8) is 0 Å². The minimum absolute atomic E-state index is 0.0712. The van der Waals surface area contributed by atoms with Gasteiger partial charge in [0.2, 0.25) is 5.91 Å². The summed E-state index contributed by atoms with van der Waals surface area (Å²) in [6.45, 7) is 6.34. The molecule has 0 atom stereocenters. The van der Waals surface area contributed by atoms with E-state index in [1.807, 2.05) is 6.92 Å². The van der Waals surface area contributed by atoms with Crippen molar-refractivity contribution in [2.45, 2.75) is 13.3 Å². The molecule has 0 spiro atoms. The van der Waals surface area contributed by atoms with Crippen LogP contribution in [0.2, 0.25) is 10.0 Å². The van der Waals surface area contributed by atoms with E-state index in [9.17, 15) is 4.79 Å². The molecule has 3 nitrogen and oxygen atoms in total. The first kappa shape index (κ1) is 14.9. The molecule has 1 rings (SSSR count). The Morgan fingerprint density at radius 1 is 1.39 bits per heavy atom. The van der Waals surface area contributed by atoms with Gasteiger partial charge in [-0.3, -0.25) is 4.79 Å². The fourth-order valence-electron chi connectivity index (χ4n) is 1.17. The molecule has 0 bridgehead atoms. The fraction of sp³-hybridized carbons (Fsp3) is 0.308. The van der Waals surface area contributed by atoms with Gasteiger partial charge in [0.15, 0.2) is 0 Å². The van der Waals surface area contributed by atoms with E-state index in [1.54, 1.807) is 18.2 Å². The van der Waals surface area contributed by atoms with Crippen LogP contribution in [0, 0.1) is 0 Å². The third kappa shape index (κ3) is 5.43. The highest BCUT2D eigenvalue weighted by molar-refractivity contribution is 6.42. The minimum Gasteiger partial charge on any atom is -0.493 e. The van der Waals surface area contributed by atoms with Gasteiger partial charge in [0.05, 0.1) is 23.1 Å². The molecule has 0 aliphatic carbocycles. The Morgan fingerprint density at radius 3 is 2.72 bits per heavy atom. The van der Waals surface area contributed by atoms with E-state index >= 15 is 0 Å². The monoisotopic (exact) mass is 287 g/mol. The Balaban J connectivity index is 2.30. The first-order valence-corrected chi connectivity index (χ1v) is 6.23. The van der Waals surface area contributed by atoms with Crippen LogP contribution in [0.25, 0.3) is 0 Å². The molecule has 1 aromatic carbocycles. The van der Waals surface area contributed by atoms with E-state index in [0.717, 1.165) is 5.57 Å². The van der Waals surface area contributed by atoms with E-state index < -0.39 is 0 Å². The Kier molecular flexibility index (Phi) is 6.02. The summed E-state index contributed by atoms with van der Waals surface area (Å²) in [6.07, 6.45) is 0.285. The van der Waals surface area contributed by atoms with Crippen molar-refractivity contribution < 1.29 is 9.53 Å². The number of nitrogens with one attached hydrogen (secondary N) is 1. The van der Waals surface area contributed by atoms with Gasteiger partial charge in [0, 0.05) is 12.6 Å². The maximum absolute atomic E-state index is 11.4. The number of hydrogen-bond donors (Lipinski definition) is 1. The maximum atomic E-state index is 11.4. The summed E-state index contributed by atoms with van der Waals surface area (Å²) < 4.78 is 5.39. The van der Waals surface area contributed by atoms with Crippen molar-refractivity contribution in [3.8, 4) is 5.75 Å². The van der Waals surface area contributed by atoms with Crippen LogP contribution in [-0.2, 0) is 4.79 Å². The lowest BCUT2D eigenvalue weighted by Crippen LogP contribution is -2.26. The maximum Gasteiger partial charge on any atom is 0.223 e. The van der Waals surface area contributed by atoms with E-state index in [1.165, 1.54) is 0 Å². The second kappa shape index (κ2) is 7.29. The van der Waals surface area contributed by atoms with Crippen LogP contribution in [0.3, 0.4) is 0 Å². The molecule has 0 aromatic heterocycles. The second-order valence-corrected chi connectivity index (χ2v) is 4.72. The van der Waals surface area contributed by atoms with Gasteiger partial charge in [-0.25, -0.2) is 0 Å². The first-order valence-electron chi connectivity index (χ1n) is 5.48. The van der Waals surface area contributed by atoms with Crippen molar-refractivity contribution in [1.82, 2.24) is 5.32 Å². The summed E-state index contributed by atoms with van der Waals surface area (Å²) >= 11 is 11.6. The van der Waals surface area contributed by atoms with Crippen LogP contribution in [0.4, 0.5) is 0 Å². The fourth-order valence-corrected chi connectivity index (χ4v) is 1.45. The molecule has 1 aromatic rings. The third-order valence-electron chi connectivity index (χ3n) is 2.08. The highest BCUT2D eigenvalue weighted by Crippen LogP contribution is 2.26. The van der Waals surface area contributed by atoms with Gasteiger partial charge in [0.1, 0.15) is 5.75 Å². The average Bonchev–Trinajstić information content (AvgIpc) is 2.31. The van der Waals surface area contributed by atoms with Crippen LogP contribution in [0.1, 0.15) is 13.3 Å². The summed E-state index contributed by atoms with van der Waals surface area (Å²) in [5.74, 6) is 0.523. The molecule has 0 aliphatic rings. The van der Waals surface area contributed by atoms with E-state index in [0.29, 0.717) is 28.9 Å². The molecule has 1 N–H and O–H groups in total. The van der Waals surface area contributed by atoms with Crippen molar-refractivity contribution in [3.05, 3.63) is 40.4 Å². The molecular formula is C13H15Cl2NO2. The molecule has 1 amide bonds. The van der Waals surface area contributed by atoms with Crippen molar-refractivity contribution in [2.75, 3.05) is 13.2 Å². The summed E-state index contributed by atoms with van der Waals surface area (Å²) in [7, 11) is 0. The Morgan fingerprint density at radius 2 is 2.11 bits per heavy atom. The van der Waals surface area contributed by atoms with E-state index in [-0.39, 0.29) is 12.3 Å². The molecule has 0 aliphatic heterocycles. The molecule has 5 heteroatoms. The van der Waals surface area contributed by atoms with Gasteiger partial charge in [-0.05, 0) is 19.1 Å². The van der Waals surface area contributed by atoms with Gasteiger partial charge < -0.3 is 10.1 Å². The van der Waals surface area contributed by atoms with Crippen molar-refractivity contribution in [1.29, 1.82) is 0 Å². The van der Waals surface area contributed by atoms with Crippen molar-refractivity contribution >= 4 is 29.1 Å². The molecule has 0 radical (unpaired) electrons. The standard InChI is InChI=1S/C13H15Cl2NO2/c1-9(2)8-16-13(17)5-6-18-10-3-4-11(14)12(15)7-10/h3-4,7H,1,5-6,8H2,2H3,(H,16,17). The van der Waals surface area contributed by atoms with Gasteiger partial charge in [0.25, 0.3) is 0 Å². The third-order valence-corrected chi connectivity index (χ3v) is 2.82. The largest absolute Gasteiger partial charge is 0.493 e. The zero-order chi connectivity index (χ0) is 13.5. The lowest BCUT2D eigenvalue weighted by molar-refractivity contribution is -0.121. The normalized spacial score (nSPS) is 9.94. The van der Waals surface area contributed by atoms with Crippen LogP contribution in [-0.4, -0.2) is 19.1 Å². The van der Waals surface area contributed by atoms with Crippen LogP contribution < -0.4 is 10.1 Å². The summed E-state index contributed by atoms with van der Waals surface area (Å²) in [5.41, 5.74) is 0.911. The van der Waals surface area contributed by atoms with Crippen LogP contribution >= 0.6 is 23.2 Å². The van der Waals surface area contributed by atoms with Gasteiger partial charge in [-0.2, -0.15) is 0 Å². The van der Waals surface area contributed by atoms with Crippen molar-refractivity contribution in [2.24, 2.45) is 0 Å². The second-order valence-electron chi connectivity index (χ2n) is 3.91. The topological polar surface area (TPSA) is 38.3 Å². The minimum atomic E-state index is -0.0712. The predicted molar refractivity (Wildman–Crippen MR) is 74.4 cm³/mol. The zero-order valence-electron chi connectivity index (χ0n) is 10.1. The summed E-state index contributed by atoms with van der Waals surface area (Å²) in [6, 6.07) is 4.98. The molecule has 18 heavy (non-hydrogen) atoms. The molecule has 0 saturated heterocycles. The van der Waals surface area contributed by atoms with Gasteiger partial charge in [-0.15, -0.1) is 0 Å². The molecule has 0 fully saturated rings. The number of halogens is 2. The first-order chi connectivity index (χ1) is 8.49. The molecule has 98 valence electrons. The number of carbonyl (C=O) groups is 1. The van der Waals surface area contributed by atoms with E-state index in [4.69, 9.17) is 27.9 Å². The number of hydrogen-bond acceptors (Lipinski definition) is 2. The summed E-state index contributed by atoms with van der Waals surface area (Å²) in [4.78, 5) is 11.4. The zero-order valence-corrected chi connectivity index (χ0v) is 11.6. The SMILES string of the molecule is C=C(C)CNC(=O)CCOc1ccc(Cl)c(Cl)c1. The molecule has 0 saturated carbocycles. The van der Waals surface area contributed by atoms with Crippen LogP contribution in [0.15, 0.2) is 30.4 Å². The molecular weight excluding hydrogens is 273 g/mol. The Labute approximate surface area is 117 Å². The number of carbonyl (C=O) groups excluding carboxylic acids is 1. The highest BCUT2D eigenvalue weighted by Gasteiger charge is 2.03. The Hall–Kier alpha value is -1.19. The lowest BCUT2D eigenvalue weighted by atomic mass is 10.3. The molecule has 0 unspecified atom stereocenters. The highest BCUT2D eigenvalue weighted by atomic mass is 35.5. The number of benzene rings is 1. The summed E-state index contributed by atoms with van der Waals surface area (Å²) in [5, 5.41) is 3.63. The number of rotatable bonds is 6. The van der Waals surface area contributed by atoms with Gasteiger partial charge in [-0.1, -0.05) is 35.4 Å². The lowest BCUT2D eigenvalue weighted by Gasteiger charge is -2.07. The Bertz CT molecular complexity index is 447. The number of amides is 1. The molecule has 0 heterocycles. The quantitative estimate of drug-likeness (QED) is 0.814.